The number of aromatic nitrogens is 3. The van der Waals surface area contributed by atoms with Crippen LogP contribution in [0.2, 0.25) is 0 Å². The first-order chi connectivity index (χ1) is 25.7. The lowest BCUT2D eigenvalue weighted by molar-refractivity contribution is -0.143. The van der Waals surface area contributed by atoms with Gasteiger partial charge in [0, 0.05) is 18.5 Å². The van der Waals surface area contributed by atoms with Gasteiger partial charge in [-0.25, -0.2) is 18.2 Å². The van der Waals surface area contributed by atoms with Crippen molar-refractivity contribution < 1.29 is 37.1 Å². The van der Waals surface area contributed by atoms with Crippen molar-refractivity contribution in [3.05, 3.63) is 60.6 Å². The largest absolute Gasteiger partial charge is 0.471 e. The second-order valence-electron chi connectivity index (χ2n) is 15.1. The number of carbonyl (C=O) groups is 4. The molecule has 3 fully saturated rings. The molecule has 4 aliphatic rings. The fraction of sp³-hybridized carbons (Fsp3) is 0.486. The summed E-state index contributed by atoms with van der Waals surface area (Å²) in [5.41, 5.74) is -1.22. The van der Waals surface area contributed by atoms with Gasteiger partial charge in [0.1, 0.15) is 39.7 Å². The monoisotopic (exact) mass is 777 g/mol. The number of hydrogen-bond acceptors (Lipinski definition) is 12. The van der Waals surface area contributed by atoms with Crippen molar-refractivity contribution in [3.63, 3.8) is 0 Å². The van der Waals surface area contributed by atoms with E-state index in [-0.39, 0.29) is 25.1 Å². The second kappa shape index (κ2) is 14.4. The van der Waals surface area contributed by atoms with Gasteiger partial charge < -0.3 is 25.0 Å². The van der Waals surface area contributed by atoms with Gasteiger partial charge in [0.25, 0.3) is 5.91 Å². The Morgan fingerprint density at radius 1 is 1.11 bits per heavy atom. The maximum atomic E-state index is 14.6. The van der Waals surface area contributed by atoms with Crippen molar-refractivity contribution in [2.75, 3.05) is 0 Å². The van der Waals surface area contributed by atoms with Crippen LogP contribution in [0.1, 0.15) is 65.7 Å². The molecule has 0 bridgehead atoms. The van der Waals surface area contributed by atoms with E-state index in [4.69, 9.17) is 14.5 Å². The molecule has 15 nitrogen and oxygen atoms in total. The first-order valence-corrected chi connectivity index (χ1v) is 20.4. The minimum absolute atomic E-state index is 0.0116. The highest BCUT2D eigenvalue weighted by molar-refractivity contribution is 7.91. The number of allylic oxidation sites excluding steroid dienone is 1. The lowest BCUT2D eigenvalue weighted by atomic mass is 10.1. The standard InChI is InChI=1S/C37H43N7O8S2/c1-5-21-20-37(21,34(47)43-54(49,50)22-14-15-22)42-31(45)27-19-28(51-32-29-23(16-18-53-29)39-30(41-32)24-11-9-10-17-38-24)26-13-8-6-7-12-25(33(46)44(26)27)40-35(48)52-36(2,3)4/h5-7,9-11,16-18,21-22,25-28H,1,8,12-15,19-20H2,2-4H3,(H,40,48)(H,42,45)(H,43,47)/b7-6-/t21-,25?,26?,27+,28-,37?/m1/s1. The Labute approximate surface area is 317 Å². The van der Waals surface area contributed by atoms with Crippen LogP contribution < -0.4 is 20.1 Å². The van der Waals surface area contributed by atoms with Gasteiger partial charge in [0.15, 0.2) is 5.82 Å². The van der Waals surface area contributed by atoms with Gasteiger partial charge in [-0.2, -0.15) is 4.98 Å². The van der Waals surface area contributed by atoms with Crippen molar-refractivity contribution in [2.45, 2.75) is 106 Å². The number of ether oxygens (including phenoxy) is 2. The molecule has 1 saturated heterocycles. The smallest absolute Gasteiger partial charge is 0.408 e. The molecule has 17 heteroatoms. The summed E-state index contributed by atoms with van der Waals surface area (Å²) in [6.07, 6.45) is 7.46. The quantitative estimate of drug-likeness (QED) is 0.253. The summed E-state index contributed by atoms with van der Waals surface area (Å²) in [6, 6.07) is 4.32. The van der Waals surface area contributed by atoms with Crippen LogP contribution in [0.25, 0.3) is 21.7 Å². The van der Waals surface area contributed by atoms with Crippen LogP contribution in [0.15, 0.2) is 60.6 Å². The lowest BCUT2D eigenvalue weighted by Crippen LogP contribution is -2.59. The third kappa shape index (κ3) is 7.69. The highest BCUT2D eigenvalue weighted by atomic mass is 32.2. The van der Waals surface area contributed by atoms with E-state index in [1.807, 2.05) is 29.7 Å². The predicted octanol–water partition coefficient (Wildman–Crippen LogP) is 3.77. The number of nitrogens with one attached hydrogen (secondary N) is 3. The first kappa shape index (κ1) is 37.4. The van der Waals surface area contributed by atoms with E-state index in [9.17, 15) is 27.6 Å². The molecule has 7 rings (SSSR count). The second-order valence-corrected chi connectivity index (χ2v) is 18.0. The third-order valence-electron chi connectivity index (χ3n) is 9.97. The summed E-state index contributed by atoms with van der Waals surface area (Å²) in [5, 5.41) is 6.74. The Morgan fingerprint density at radius 3 is 2.59 bits per heavy atom. The molecule has 54 heavy (non-hydrogen) atoms. The molecule has 0 radical (unpaired) electrons. The molecular formula is C37H43N7O8S2. The van der Waals surface area contributed by atoms with Crippen LogP contribution in [-0.2, 0) is 29.1 Å². The topological polar surface area (TPSA) is 199 Å². The number of hydrogen-bond donors (Lipinski definition) is 3. The van der Waals surface area contributed by atoms with Gasteiger partial charge in [-0.05, 0) is 82.9 Å². The van der Waals surface area contributed by atoms with E-state index in [0.717, 1.165) is 0 Å². The molecule has 3 aromatic heterocycles. The lowest BCUT2D eigenvalue weighted by Gasteiger charge is -2.34. The molecule has 3 N–H and O–H groups in total. The van der Waals surface area contributed by atoms with Gasteiger partial charge in [-0.3, -0.25) is 24.1 Å². The Balaban J connectivity index is 1.23. The van der Waals surface area contributed by atoms with Gasteiger partial charge in [0.05, 0.1) is 16.8 Å². The number of fused-ring (bicyclic) bond motifs is 2. The van der Waals surface area contributed by atoms with E-state index in [1.165, 1.54) is 22.3 Å². The van der Waals surface area contributed by atoms with Crippen LogP contribution in [0, 0.1) is 5.92 Å². The zero-order valence-electron chi connectivity index (χ0n) is 30.2. The Kier molecular flexibility index (Phi) is 9.97. The number of pyridine rings is 1. The molecule has 2 saturated carbocycles. The molecule has 6 atom stereocenters. The SMILES string of the molecule is C=C[C@@H]1CC1(NC(=O)[C@@H]1C[C@@H](Oc2nc(-c3ccccn3)nc3ccsc23)C2CC/C=C\CC(NC(=O)OC(C)(C)C)C(=O)N21)C(=O)NS(=O)(=O)C1CC1. The summed E-state index contributed by atoms with van der Waals surface area (Å²) in [7, 11) is -3.91. The Morgan fingerprint density at radius 2 is 1.91 bits per heavy atom. The molecule has 2 aliphatic heterocycles. The van der Waals surface area contributed by atoms with Gasteiger partial charge in [-0.1, -0.05) is 24.3 Å². The Bertz CT molecular complexity index is 2110. The average molecular weight is 778 g/mol. The third-order valence-corrected chi connectivity index (χ3v) is 12.7. The molecule has 286 valence electrons. The average Bonchev–Trinajstić information content (AvgIpc) is 4.01. The Hall–Kier alpha value is -4.90. The van der Waals surface area contributed by atoms with Crippen molar-refractivity contribution in [1.82, 2.24) is 35.2 Å². The molecule has 3 aromatic rings. The number of amides is 4. The number of alkyl carbamates (subject to hydrolysis) is 1. The van der Waals surface area contributed by atoms with Crippen molar-refractivity contribution >= 4 is 55.4 Å². The van der Waals surface area contributed by atoms with Crippen LogP contribution in [0.4, 0.5) is 4.79 Å². The van der Waals surface area contributed by atoms with E-state index in [2.05, 4.69) is 31.9 Å². The van der Waals surface area contributed by atoms with Gasteiger partial charge >= 0.3 is 6.09 Å². The molecule has 5 heterocycles. The predicted molar refractivity (Wildman–Crippen MR) is 200 cm³/mol. The summed E-state index contributed by atoms with van der Waals surface area (Å²) >= 11 is 1.39. The minimum atomic E-state index is -3.91. The zero-order valence-corrected chi connectivity index (χ0v) is 31.8. The maximum Gasteiger partial charge on any atom is 0.408 e. The highest BCUT2D eigenvalue weighted by Gasteiger charge is 2.62. The van der Waals surface area contributed by atoms with Crippen LogP contribution in [-0.4, -0.2) is 92.7 Å². The molecule has 4 amide bonds. The van der Waals surface area contributed by atoms with Crippen LogP contribution in [0.3, 0.4) is 0 Å². The summed E-state index contributed by atoms with van der Waals surface area (Å²) in [5.74, 6) is -1.97. The summed E-state index contributed by atoms with van der Waals surface area (Å²) < 4.78 is 40.5. The van der Waals surface area contributed by atoms with Crippen LogP contribution >= 0.6 is 11.3 Å². The molecule has 3 unspecified atom stereocenters. The fourth-order valence-electron chi connectivity index (χ4n) is 7.06. The van der Waals surface area contributed by atoms with Crippen molar-refractivity contribution in [1.29, 1.82) is 0 Å². The number of thiophene rings is 1. The van der Waals surface area contributed by atoms with Gasteiger partial charge in [-0.15, -0.1) is 17.9 Å². The molecular weight excluding hydrogens is 735 g/mol. The van der Waals surface area contributed by atoms with E-state index >= 15 is 0 Å². The normalized spacial score (nSPS) is 27.4. The van der Waals surface area contributed by atoms with Crippen molar-refractivity contribution in [2.24, 2.45) is 5.92 Å². The van der Waals surface area contributed by atoms with E-state index in [0.29, 0.717) is 47.4 Å². The van der Waals surface area contributed by atoms with Crippen LogP contribution in [0.5, 0.6) is 5.88 Å². The zero-order chi connectivity index (χ0) is 38.4. The summed E-state index contributed by atoms with van der Waals surface area (Å²) in [6.45, 7) is 8.93. The van der Waals surface area contributed by atoms with E-state index in [1.54, 1.807) is 39.1 Å². The molecule has 0 aromatic carbocycles. The number of sulfonamides is 1. The number of nitrogens with zero attached hydrogens (tertiary/aromatic N) is 4. The molecule has 0 spiro atoms. The minimum Gasteiger partial charge on any atom is -0.471 e. The molecule has 2 aliphatic carbocycles. The van der Waals surface area contributed by atoms with E-state index < -0.39 is 80.4 Å². The number of carbonyl (C=O) groups excluding carboxylic acids is 4. The fourth-order valence-corrected chi connectivity index (χ4v) is 9.19. The summed E-state index contributed by atoms with van der Waals surface area (Å²) in [4.78, 5) is 71.0. The van der Waals surface area contributed by atoms with Crippen molar-refractivity contribution in [3.8, 4) is 17.4 Å². The first-order valence-electron chi connectivity index (χ1n) is 18.0. The maximum absolute atomic E-state index is 14.6. The van der Waals surface area contributed by atoms with Gasteiger partial charge in [0.2, 0.25) is 27.7 Å². The highest BCUT2D eigenvalue weighted by Crippen LogP contribution is 2.46. The number of rotatable bonds is 10.